The van der Waals surface area contributed by atoms with Crippen molar-refractivity contribution in [3.05, 3.63) is 0 Å². The van der Waals surface area contributed by atoms with Crippen LogP contribution in [0.15, 0.2) is 4.99 Å². The Kier molecular flexibility index (Phi) is 5.80. The minimum atomic E-state index is 0.0438. The first-order valence-corrected chi connectivity index (χ1v) is 6.35. The molecule has 0 radical (unpaired) electrons. The van der Waals surface area contributed by atoms with E-state index in [1.54, 1.807) is 7.05 Å². The Labute approximate surface area is 103 Å². The van der Waals surface area contributed by atoms with Crippen LogP contribution >= 0.6 is 0 Å². The van der Waals surface area contributed by atoms with Gasteiger partial charge in [-0.15, -0.1) is 0 Å². The van der Waals surface area contributed by atoms with Crippen molar-refractivity contribution in [1.82, 2.24) is 16.0 Å². The predicted octanol–water partition coefficient (Wildman–Crippen LogP) is 0.334. The van der Waals surface area contributed by atoms with Crippen LogP contribution in [0.25, 0.3) is 0 Å². The number of amides is 1. The van der Waals surface area contributed by atoms with Crippen LogP contribution in [0.1, 0.15) is 26.7 Å². The van der Waals surface area contributed by atoms with Crippen molar-refractivity contribution in [2.24, 2.45) is 16.8 Å². The molecule has 0 aromatic rings. The van der Waals surface area contributed by atoms with E-state index in [9.17, 15) is 4.79 Å². The number of rotatable bonds is 6. The van der Waals surface area contributed by atoms with Crippen LogP contribution < -0.4 is 16.0 Å². The van der Waals surface area contributed by atoms with E-state index in [0.717, 1.165) is 18.4 Å². The van der Waals surface area contributed by atoms with Crippen molar-refractivity contribution in [2.45, 2.75) is 26.7 Å². The number of hydrogen-bond donors (Lipinski definition) is 3. The molecule has 0 unspecified atom stereocenters. The Morgan fingerprint density at radius 1 is 1.24 bits per heavy atom. The molecule has 0 saturated heterocycles. The molecule has 5 nitrogen and oxygen atoms in total. The van der Waals surface area contributed by atoms with Crippen molar-refractivity contribution in [1.29, 1.82) is 0 Å². The highest BCUT2D eigenvalue weighted by Crippen LogP contribution is 2.27. The molecule has 98 valence electrons. The molecule has 0 aliphatic heterocycles. The zero-order chi connectivity index (χ0) is 12.7. The monoisotopic (exact) mass is 240 g/mol. The highest BCUT2D eigenvalue weighted by molar-refractivity contribution is 5.80. The smallest absolute Gasteiger partial charge is 0.222 e. The number of nitrogens with one attached hydrogen (secondary N) is 3. The van der Waals surface area contributed by atoms with Gasteiger partial charge in [-0.1, -0.05) is 13.8 Å². The third-order valence-electron chi connectivity index (χ3n) is 2.72. The lowest BCUT2D eigenvalue weighted by Crippen LogP contribution is -2.42. The molecule has 0 aromatic heterocycles. The van der Waals surface area contributed by atoms with Gasteiger partial charge in [0.25, 0.3) is 0 Å². The minimum absolute atomic E-state index is 0.0438. The maximum atomic E-state index is 11.3. The van der Waals surface area contributed by atoms with Crippen LogP contribution in [0.3, 0.4) is 0 Å². The number of guanidine groups is 1. The summed E-state index contributed by atoms with van der Waals surface area (Å²) in [5.41, 5.74) is 0. The number of aliphatic imine (C=N–C) groups is 1. The number of carbonyl (C=O) groups excluding carboxylic acids is 1. The molecule has 1 rings (SSSR count). The van der Waals surface area contributed by atoms with Gasteiger partial charge in [0.05, 0.1) is 0 Å². The van der Waals surface area contributed by atoms with Gasteiger partial charge in [0.2, 0.25) is 5.91 Å². The van der Waals surface area contributed by atoms with Crippen molar-refractivity contribution >= 4 is 11.9 Å². The molecule has 1 saturated carbocycles. The van der Waals surface area contributed by atoms with Crippen LogP contribution in [0.5, 0.6) is 0 Å². The first-order chi connectivity index (χ1) is 8.13. The lowest BCUT2D eigenvalue weighted by molar-refractivity contribution is -0.123. The van der Waals surface area contributed by atoms with Gasteiger partial charge in [-0.25, -0.2) is 0 Å². The third kappa shape index (κ3) is 6.14. The van der Waals surface area contributed by atoms with Crippen LogP contribution in [0.4, 0.5) is 0 Å². The van der Waals surface area contributed by atoms with Gasteiger partial charge in [-0.3, -0.25) is 9.79 Å². The summed E-state index contributed by atoms with van der Waals surface area (Å²) in [6, 6.07) is 0. The van der Waals surface area contributed by atoms with Gasteiger partial charge in [0.1, 0.15) is 0 Å². The second-order valence-corrected chi connectivity index (χ2v) is 4.77. The summed E-state index contributed by atoms with van der Waals surface area (Å²) in [4.78, 5) is 15.4. The normalized spacial score (nSPS) is 15.9. The van der Waals surface area contributed by atoms with Gasteiger partial charge in [-0.05, 0) is 18.8 Å². The molecule has 0 bridgehead atoms. The van der Waals surface area contributed by atoms with Crippen molar-refractivity contribution in [2.75, 3.05) is 26.7 Å². The van der Waals surface area contributed by atoms with E-state index in [1.807, 2.05) is 13.8 Å². The third-order valence-corrected chi connectivity index (χ3v) is 2.72. The van der Waals surface area contributed by atoms with Crippen LogP contribution in [-0.2, 0) is 4.79 Å². The minimum Gasteiger partial charge on any atom is -0.356 e. The number of hydrogen-bond acceptors (Lipinski definition) is 2. The Morgan fingerprint density at radius 3 is 2.41 bits per heavy atom. The summed E-state index contributed by atoms with van der Waals surface area (Å²) in [6.45, 7) is 6.10. The van der Waals surface area contributed by atoms with Crippen LogP contribution in [0, 0.1) is 11.8 Å². The molecule has 1 fully saturated rings. The second-order valence-electron chi connectivity index (χ2n) is 4.77. The van der Waals surface area contributed by atoms with Crippen LogP contribution in [0.2, 0.25) is 0 Å². The van der Waals surface area contributed by atoms with E-state index in [4.69, 9.17) is 0 Å². The van der Waals surface area contributed by atoms with Gasteiger partial charge < -0.3 is 16.0 Å². The van der Waals surface area contributed by atoms with E-state index in [-0.39, 0.29) is 11.8 Å². The van der Waals surface area contributed by atoms with Crippen molar-refractivity contribution < 1.29 is 4.79 Å². The summed E-state index contributed by atoms with van der Waals surface area (Å²) < 4.78 is 0. The molecule has 1 amide bonds. The standard InChI is InChI=1S/C12H24N4O/c1-9(2)11(17)14-6-7-15-12(13-3)16-8-10-4-5-10/h9-10H,4-8H2,1-3H3,(H,14,17)(H2,13,15,16). The Balaban J connectivity index is 2.04. The first-order valence-electron chi connectivity index (χ1n) is 6.35. The van der Waals surface area contributed by atoms with E-state index < -0.39 is 0 Å². The maximum Gasteiger partial charge on any atom is 0.222 e. The van der Waals surface area contributed by atoms with E-state index >= 15 is 0 Å². The molecule has 0 heterocycles. The van der Waals surface area contributed by atoms with Gasteiger partial charge >= 0.3 is 0 Å². The fraction of sp³-hybridized carbons (Fsp3) is 0.833. The molecule has 1 aliphatic rings. The predicted molar refractivity (Wildman–Crippen MR) is 69.9 cm³/mol. The average Bonchev–Trinajstić information content (AvgIpc) is 3.11. The van der Waals surface area contributed by atoms with Gasteiger partial charge in [0.15, 0.2) is 5.96 Å². The maximum absolute atomic E-state index is 11.3. The lowest BCUT2D eigenvalue weighted by Gasteiger charge is -2.12. The van der Waals surface area contributed by atoms with E-state index in [1.165, 1.54) is 12.8 Å². The highest BCUT2D eigenvalue weighted by atomic mass is 16.1. The van der Waals surface area contributed by atoms with E-state index in [0.29, 0.717) is 13.1 Å². The molecule has 17 heavy (non-hydrogen) atoms. The quantitative estimate of drug-likeness (QED) is 0.356. The Bertz CT molecular complexity index is 272. The van der Waals surface area contributed by atoms with Crippen molar-refractivity contribution in [3.8, 4) is 0 Å². The molecule has 0 atom stereocenters. The fourth-order valence-corrected chi connectivity index (χ4v) is 1.35. The summed E-state index contributed by atoms with van der Waals surface area (Å²) in [7, 11) is 1.76. The summed E-state index contributed by atoms with van der Waals surface area (Å²) in [5.74, 6) is 1.78. The molecule has 5 heteroatoms. The Hall–Kier alpha value is -1.26. The summed E-state index contributed by atoms with van der Waals surface area (Å²) in [5, 5.41) is 9.29. The first kappa shape index (κ1) is 13.8. The van der Waals surface area contributed by atoms with E-state index in [2.05, 4.69) is 20.9 Å². The van der Waals surface area contributed by atoms with Crippen molar-refractivity contribution in [3.63, 3.8) is 0 Å². The molecule has 0 spiro atoms. The van der Waals surface area contributed by atoms with Gasteiger partial charge in [0, 0.05) is 32.6 Å². The highest BCUT2D eigenvalue weighted by Gasteiger charge is 2.20. The molecule has 3 N–H and O–H groups in total. The Morgan fingerprint density at radius 2 is 1.88 bits per heavy atom. The number of nitrogens with zero attached hydrogens (tertiary/aromatic N) is 1. The molecule has 1 aliphatic carbocycles. The molecular weight excluding hydrogens is 216 g/mol. The summed E-state index contributed by atoms with van der Waals surface area (Å²) in [6.07, 6.45) is 2.66. The molecule has 0 aromatic carbocycles. The van der Waals surface area contributed by atoms with Crippen LogP contribution in [-0.4, -0.2) is 38.5 Å². The fourth-order valence-electron chi connectivity index (χ4n) is 1.35. The number of carbonyl (C=O) groups is 1. The second kappa shape index (κ2) is 7.14. The largest absolute Gasteiger partial charge is 0.356 e. The molecular formula is C12H24N4O. The SMILES string of the molecule is CN=C(NCCNC(=O)C(C)C)NCC1CC1. The van der Waals surface area contributed by atoms with Gasteiger partial charge in [-0.2, -0.15) is 0 Å². The lowest BCUT2D eigenvalue weighted by atomic mass is 10.2. The topological polar surface area (TPSA) is 65.5 Å². The summed E-state index contributed by atoms with van der Waals surface area (Å²) >= 11 is 0. The zero-order valence-corrected chi connectivity index (χ0v) is 11.0. The average molecular weight is 240 g/mol. The zero-order valence-electron chi connectivity index (χ0n) is 11.0.